The highest BCUT2D eigenvalue weighted by Crippen LogP contribution is 2.12. The summed E-state index contributed by atoms with van der Waals surface area (Å²) in [5.41, 5.74) is 0. The molecule has 3 heterocycles. The Kier molecular flexibility index (Phi) is 3.45. The van der Waals surface area contributed by atoms with Crippen molar-refractivity contribution in [2.75, 3.05) is 39.3 Å². The summed E-state index contributed by atoms with van der Waals surface area (Å²) >= 11 is 0. The lowest BCUT2D eigenvalue weighted by atomic mass is 10.1. The Hall–Kier alpha value is -0.840. The van der Waals surface area contributed by atoms with E-state index < -0.39 is 0 Å². The monoisotopic (exact) mass is 235 g/mol. The molecule has 0 unspecified atom stereocenters. The van der Waals surface area contributed by atoms with Gasteiger partial charge in [-0.1, -0.05) is 0 Å². The molecule has 2 fully saturated rings. The maximum atomic E-state index is 5.42. The molecule has 2 aliphatic rings. The predicted octanol–water partition coefficient (Wildman–Crippen LogP) is 0.759. The largest absolute Gasteiger partial charge is 0.468 e. The molecule has 0 spiro atoms. The summed E-state index contributed by atoms with van der Waals surface area (Å²) in [6, 6.07) is 4.83. The van der Waals surface area contributed by atoms with E-state index in [1.165, 1.54) is 39.1 Å². The first-order valence-corrected chi connectivity index (χ1v) is 6.61. The van der Waals surface area contributed by atoms with Crippen molar-refractivity contribution in [2.45, 2.75) is 19.0 Å². The van der Waals surface area contributed by atoms with Gasteiger partial charge in [0.15, 0.2) is 0 Å². The van der Waals surface area contributed by atoms with Crippen LogP contribution in [0.5, 0.6) is 0 Å². The minimum atomic E-state index is 0.790. The van der Waals surface area contributed by atoms with Gasteiger partial charge in [-0.15, -0.1) is 0 Å². The first-order chi connectivity index (χ1) is 8.42. The van der Waals surface area contributed by atoms with Gasteiger partial charge in [0.25, 0.3) is 0 Å². The Labute approximate surface area is 103 Å². The maximum Gasteiger partial charge on any atom is 0.117 e. The molecule has 0 amide bonds. The fraction of sp³-hybridized carbons (Fsp3) is 0.692. The second-order valence-electron chi connectivity index (χ2n) is 5.06. The van der Waals surface area contributed by atoms with Gasteiger partial charge in [0.05, 0.1) is 12.8 Å². The topological polar surface area (TPSA) is 31.7 Å². The van der Waals surface area contributed by atoms with E-state index in [4.69, 9.17) is 4.42 Å². The molecule has 0 aliphatic carbocycles. The van der Waals surface area contributed by atoms with E-state index >= 15 is 0 Å². The molecule has 3 rings (SSSR count). The highest BCUT2D eigenvalue weighted by Gasteiger charge is 2.26. The lowest BCUT2D eigenvalue weighted by Gasteiger charge is -2.37. The molecule has 1 aromatic rings. The summed E-state index contributed by atoms with van der Waals surface area (Å²) in [5, 5.41) is 3.36. The van der Waals surface area contributed by atoms with Crippen molar-refractivity contribution in [1.82, 2.24) is 15.1 Å². The first-order valence-electron chi connectivity index (χ1n) is 6.61. The average molecular weight is 235 g/mol. The first kappa shape index (κ1) is 11.3. The van der Waals surface area contributed by atoms with Crippen LogP contribution in [0, 0.1) is 0 Å². The van der Waals surface area contributed by atoms with Gasteiger partial charge in [0.1, 0.15) is 5.76 Å². The molecule has 4 heteroatoms. The van der Waals surface area contributed by atoms with E-state index in [0.717, 1.165) is 24.9 Å². The van der Waals surface area contributed by atoms with Crippen LogP contribution in [0.25, 0.3) is 0 Å². The molecular formula is C13H21N3O. The predicted molar refractivity (Wildman–Crippen MR) is 66.8 cm³/mol. The van der Waals surface area contributed by atoms with Crippen LogP contribution in [0.3, 0.4) is 0 Å². The Bertz CT molecular complexity index is 334. The molecule has 0 atom stereocenters. The van der Waals surface area contributed by atoms with Crippen LogP contribution in [0.1, 0.15) is 12.2 Å². The van der Waals surface area contributed by atoms with Gasteiger partial charge in [0, 0.05) is 32.2 Å². The van der Waals surface area contributed by atoms with Gasteiger partial charge >= 0.3 is 0 Å². The number of nitrogens with zero attached hydrogens (tertiary/aromatic N) is 2. The smallest absolute Gasteiger partial charge is 0.117 e. The SMILES string of the molecule is c1coc(CN2CCCN(C3CNC3)CC2)c1. The number of nitrogens with one attached hydrogen (secondary N) is 1. The van der Waals surface area contributed by atoms with Crippen LogP contribution in [0.4, 0.5) is 0 Å². The van der Waals surface area contributed by atoms with Crippen LogP contribution in [-0.2, 0) is 6.54 Å². The highest BCUT2D eigenvalue weighted by molar-refractivity contribution is 4.98. The van der Waals surface area contributed by atoms with Crippen molar-refractivity contribution >= 4 is 0 Å². The number of hydrogen-bond acceptors (Lipinski definition) is 4. The van der Waals surface area contributed by atoms with Crippen molar-refractivity contribution in [1.29, 1.82) is 0 Å². The molecular weight excluding hydrogens is 214 g/mol. The van der Waals surface area contributed by atoms with Crippen molar-refractivity contribution in [2.24, 2.45) is 0 Å². The number of hydrogen-bond donors (Lipinski definition) is 1. The van der Waals surface area contributed by atoms with Gasteiger partial charge in [0.2, 0.25) is 0 Å². The molecule has 0 aromatic carbocycles. The average Bonchev–Trinajstić information content (AvgIpc) is 2.65. The molecule has 0 bridgehead atoms. The Morgan fingerprint density at radius 3 is 2.88 bits per heavy atom. The van der Waals surface area contributed by atoms with E-state index in [9.17, 15) is 0 Å². The van der Waals surface area contributed by atoms with E-state index in [-0.39, 0.29) is 0 Å². The zero-order valence-corrected chi connectivity index (χ0v) is 10.3. The van der Waals surface area contributed by atoms with Crippen LogP contribution in [0.15, 0.2) is 22.8 Å². The van der Waals surface area contributed by atoms with Crippen molar-refractivity contribution in [3.63, 3.8) is 0 Å². The molecule has 17 heavy (non-hydrogen) atoms. The van der Waals surface area contributed by atoms with Crippen LogP contribution < -0.4 is 5.32 Å². The number of rotatable bonds is 3. The lowest BCUT2D eigenvalue weighted by molar-refractivity contribution is 0.147. The van der Waals surface area contributed by atoms with E-state index in [1.54, 1.807) is 6.26 Å². The normalized spacial score (nSPS) is 24.5. The minimum absolute atomic E-state index is 0.790. The van der Waals surface area contributed by atoms with E-state index in [1.807, 2.05) is 6.07 Å². The molecule has 2 aliphatic heterocycles. The van der Waals surface area contributed by atoms with Crippen LogP contribution in [-0.4, -0.2) is 55.1 Å². The Morgan fingerprint density at radius 2 is 2.18 bits per heavy atom. The third-order valence-corrected chi connectivity index (χ3v) is 3.86. The van der Waals surface area contributed by atoms with Gasteiger partial charge < -0.3 is 9.73 Å². The zero-order chi connectivity index (χ0) is 11.5. The molecule has 2 saturated heterocycles. The molecule has 0 saturated carbocycles. The summed E-state index contributed by atoms with van der Waals surface area (Å²) < 4.78 is 5.42. The second-order valence-corrected chi connectivity index (χ2v) is 5.06. The van der Waals surface area contributed by atoms with Crippen LogP contribution >= 0.6 is 0 Å². The second kappa shape index (κ2) is 5.21. The van der Waals surface area contributed by atoms with Gasteiger partial charge in [-0.2, -0.15) is 0 Å². The molecule has 0 radical (unpaired) electrons. The summed E-state index contributed by atoms with van der Waals surface area (Å²) in [4.78, 5) is 5.14. The standard InChI is InChI=1S/C13H21N3O/c1-3-13(17-8-1)11-15-4-2-5-16(7-6-15)12-9-14-10-12/h1,3,8,12,14H,2,4-7,9-11H2. The zero-order valence-electron chi connectivity index (χ0n) is 10.3. The molecule has 1 aromatic heterocycles. The van der Waals surface area contributed by atoms with Crippen LogP contribution in [0.2, 0.25) is 0 Å². The van der Waals surface area contributed by atoms with Crippen molar-refractivity contribution in [3.05, 3.63) is 24.2 Å². The third-order valence-electron chi connectivity index (χ3n) is 3.86. The third kappa shape index (κ3) is 2.70. The fourth-order valence-corrected chi connectivity index (χ4v) is 2.67. The Balaban J connectivity index is 1.51. The van der Waals surface area contributed by atoms with Crippen molar-refractivity contribution < 1.29 is 4.42 Å². The molecule has 4 nitrogen and oxygen atoms in total. The highest BCUT2D eigenvalue weighted by atomic mass is 16.3. The maximum absolute atomic E-state index is 5.42. The number of furan rings is 1. The fourth-order valence-electron chi connectivity index (χ4n) is 2.67. The summed E-state index contributed by atoms with van der Waals surface area (Å²) in [6.07, 6.45) is 3.04. The quantitative estimate of drug-likeness (QED) is 0.838. The summed E-state index contributed by atoms with van der Waals surface area (Å²) in [5.74, 6) is 1.09. The molecule has 94 valence electrons. The van der Waals surface area contributed by atoms with E-state index in [0.29, 0.717) is 0 Å². The van der Waals surface area contributed by atoms with Crippen molar-refractivity contribution in [3.8, 4) is 0 Å². The summed E-state index contributed by atoms with van der Waals surface area (Å²) in [6.45, 7) is 8.13. The lowest BCUT2D eigenvalue weighted by Crippen LogP contribution is -2.57. The van der Waals surface area contributed by atoms with Gasteiger partial charge in [-0.05, 0) is 31.6 Å². The van der Waals surface area contributed by atoms with Gasteiger partial charge in [-0.3, -0.25) is 9.80 Å². The molecule has 1 N–H and O–H groups in total. The minimum Gasteiger partial charge on any atom is -0.468 e. The van der Waals surface area contributed by atoms with Gasteiger partial charge in [-0.25, -0.2) is 0 Å². The van der Waals surface area contributed by atoms with E-state index in [2.05, 4.69) is 21.2 Å². The summed E-state index contributed by atoms with van der Waals surface area (Å²) in [7, 11) is 0. The Morgan fingerprint density at radius 1 is 1.24 bits per heavy atom.